The third kappa shape index (κ3) is 4.24. The van der Waals surface area contributed by atoms with Crippen LogP contribution in [0, 0.1) is 0 Å². The van der Waals surface area contributed by atoms with Crippen LogP contribution in [0.1, 0.15) is 51.3 Å². The van der Waals surface area contributed by atoms with Crippen LogP contribution in [0.5, 0.6) is 0 Å². The molecule has 0 amide bonds. The summed E-state index contributed by atoms with van der Waals surface area (Å²) in [5.74, 6) is 0. The number of anilines is 3. The normalized spacial score (nSPS) is 13.6. The van der Waals surface area contributed by atoms with E-state index >= 15 is 0 Å². The minimum absolute atomic E-state index is 0.128. The lowest BCUT2D eigenvalue weighted by molar-refractivity contribution is 0.591. The van der Waals surface area contributed by atoms with E-state index in [1.165, 1.54) is 44.6 Å². The molecule has 1 heterocycles. The SMILES string of the molecule is CC(C)(C)c1cc(-c2ccccc2)ccc1N(c1cccc2c1C(C)(C)c1ccccc1-2)c1cccc2c1oc1ccccc12. The van der Waals surface area contributed by atoms with Crippen molar-refractivity contribution < 1.29 is 4.42 Å². The molecule has 0 fully saturated rings. The standard InChI is InChI=1S/C43H37NO/c1-42(2,3)35-27-29(28-15-7-6-8-16-28)25-26-36(35)44(38-23-14-20-33-31-18-10-12-24-39(31)45-41(33)38)37-22-13-19-32-30-17-9-11-21-34(30)43(4,5)40(32)37/h6-27H,1-5H3. The van der Waals surface area contributed by atoms with Gasteiger partial charge < -0.3 is 9.32 Å². The van der Waals surface area contributed by atoms with Gasteiger partial charge in [0.25, 0.3) is 0 Å². The first-order valence-electron chi connectivity index (χ1n) is 15.9. The molecule has 6 aromatic carbocycles. The van der Waals surface area contributed by atoms with Gasteiger partial charge in [0, 0.05) is 16.2 Å². The highest BCUT2D eigenvalue weighted by molar-refractivity contribution is 6.10. The van der Waals surface area contributed by atoms with E-state index in [-0.39, 0.29) is 10.8 Å². The Hall–Kier alpha value is -5.08. The summed E-state index contributed by atoms with van der Waals surface area (Å²) in [6, 6.07) is 48.3. The molecule has 0 saturated heterocycles. The summed E-state index contributed by atoms with van der Waals surface area (Å²) >= 11 is 0. The van der Waals surface area contributed by atoms with Gasteiger partial charge >= 0.3 is 0 Å². The quantitative estimate of drug-likeness (QED) is 0.205. The smallest absolute Gasteiger partial charge is 0.159 e. The molecule has 2 nitrogen and oxygen atoms in total. The fourth-order valence-electron chi connectivity index (χ4n) is 7.45. The van der Waals surface area contributed by atoms with Crippen molar-refractivity contribution in [1.29, 1.82) is 0 Å². The highest BCUT2D eigenvalue weighted by Gasteiger charge is 2.39. The number of furan rings is 1. The molecule has 0 saturated carbocycles. The molecule has 0 atom stereocenters. The van der Waals surface area contributed by atoms with Gasteiger partial charge in [0.1, 0.15) is 5.58 Å². The second kappa shape index (κ2) is 9.97. The number of hydrogen-bond acceptors (Lipinski definition) is 2. The molecule has 0 unspecified atom stereocenters. The zero-order valence-electron chi connectivity index (χ0n) is 26.6. The van der Waals surface area contributed by atoms with Crippen LogP contribution in [0.25, 0.3) is 44.2 Å². The van der Waals surface area contributed by atoms with E-state index in [9.17, 15) is 0 Å². The lowest BCUT2D eigenvalue weighted by Crippen LogP contribution is -2.23. The Bertz CT molecular complexity index is 2230. The number of para-hydroxylation sites is 2. The van der Waals surface area contributed by atoms with E-state index in [2.05, 4.69) is 167 Å². The topological polar surface area (TPSA) is 16.4 Å². The predicted molar refractivity (Wildman–Crippen MR) is 190 cm³/mol. The molecular weight excluding hydrogens is 546 g/mol. The van der Waals surface area contributed by atoms with Crippen LogP contribution in [0.15, 0.2) is 138 Å². The molecule has 7 aromatic rings. The van der Waals surface area contributed by atoms with Crippen LogP contribution < -0.4 is 4.90 Å². The highest BCUT2D eigenvalue weighted by Crippen LogP contribution is 2.55. The highest BCUT2D eigenvalue weighted by atomic mass is 16.3. The summed E-state index contributed by atoms with van der Waals surface area (Å²) in [5, 5.41) is 2.26. The van der Waals surface area contributed by atoms with Crippen molar-refractivity contribution in [3.05, 3.63) is 150 Å². The van der Waals surface area contributed by atoms with Crippen molar-refractivity contribution in [2.75, 3.05) is 4.90 Å². The largest absolute Gasteiger partial charge is 0.454 e. The van der Waals surface area contributed by atoms with Crippen molar-refractivity contribution >= 4 is 39.0 Å². The van der Waals surface area contributed by atoms with Crippen LogP contribution in [0.2, 0.25) is 0 Å². The lowest BCUT2D eigenvalue weighted by Gasteiger charge is -2.35. The van der Waals surface area contributed by atoms with Crippen molar-refractivity contribution in [2.45, 2.75) is 45.4 Å². The average Bonchev–Trinajstić information content (AvgIpc) is 3.55. The number of hydrogen-bond donors (Lipinski definition) is 0. The molecular formula is C43H37NO. The Morgan fingerprint density at radius 3 is 2.04 bits per heavy atom. The van der Waals surface area contributed by atoms with Crippen molar-refractivity contribution in [2.24, 2.45) is 0 Å². The van der Waals surface area contributed by atoms with Crippen LogP contribution in [-0.4, -0.2) is 0 Å². The molecule has 0 N–H and O–H groups in total. The molecule has 8 rings (SSSR count). The Kier molecular flexibility index (Phi) is 6.09. The van der Waals surface area contributed by atoms with Gasteiger partial charge in [0.05, 0.1) is 17.1 Å². The number of rotatable bonds is 4. The number of benzene rings is 6. The van der Waals surface area contributed by atoms with Gasteiger partial charge in [-0.2, -0.15) is 0 Å². The van der Waals surface area contributed by atoms with Crippen molar-refractivity contribution in [3.8, 4) is 22.3 Å². The van der Waals surface area contributed by atoms with E-state index in [0.29, 0.717) is 0 Å². The fraction of sp³-hybridized carbons (Fsp3) is 0.163. The third-order valence-electron chi connectivity index (χ3n) is 9.58. The Morgan fingerprint density at radius 2 is 1.22 bits per heavy atom. The molecule has 1 aromatic heterocycles. The molecule has 1 aliphatic carbocycles. The molecule has 0 spiro atoms. The average molecular weight is 584 g/mol. The van der Waals surface area contributed by atoms with E-state index in [4.69, 9.17) is 4.42 Å². The number of fused-ring (bicyclic) bond motifs is 6. The van der Waals surface area contributed by atoms with E-state index in [1.54, 1.807) is 0 Å². The predicted octanol–water partition coefficient (Wildman–Crippen LogP) is 12.3. The Morgan fingerprint density at radius 1 is 0.556 bits per heavy atom. The van der Waals surface area contributed by atoms with Crippen LogP contribution in [0.3, 0.4) is 0 Å². The second-order valence-corrected chi connectivity index (χ2v) is 13.8. The van der Waals surface area contributed by atoms with E-state index < -0.39 is 0 Å². The van der Waals surface area contributed by atoms with Crippen LogP contribution in [-0.2, 0) is 10.8 Å². The molecule has 0 aliphatic heterocycles. The maximum Gasteiger partial charge on any atom is 0.159 e. The first-order chi connectivity index (χ1) is 21.7. The molecule has 1 aliphatic rings. The number of nitrogens with zero attached hydrogens (tertiary/aromatic N) is 1. The summed E-state index contributed by atoms with van der Waals surface area (Å²) in [5.41, 5.74) is 13.9. The monoisotopic (exact) mass is 583 g/mol. The van der Waals surface area contributed by atoms with E-state index in [1.807, 2.05) is 6.07 Å². The summed E-state index contributed by atoms with van der Waals surface area (Å²) in [6.45, 7) is 11.7. The first-order valence-corrected chi connectivity index (χ1v) is 15.9. The molecule has 220 valence electrons. The minimum atomic E-state index is -0.186. The van der Waals surface area contributed by atoms with Crippen molar-refractivity contribution in [1.82, 2.24) is 0 Å². The van der Waals surface area contributed by atoms with Gasteiger partial charge in [0.15, 0.2) is 5.58 Å². The van der Waals surface area contributed by atoms with Gasteiger partial charge in [-0.1, -0.05) is 138 Å². The second-order valence-electron chi connectivity index (χ2n) is 13.8. The third-order valence-corrected chi connectivity index (χ3v) is 9.58. The van der Waals surface area contributed by atoms with Gasteiger partial charge in [-0.3, -0.25) is 0 Å². The Balaban J connectivity index is 1.47. The summed E-state index contributed by atoms with van der Waals surface area (Å²) < 4.78 is 6.72. The van der Waals surface area contributed by atoms with Crippen LogP contribution in [0.4, 0.5) is 17.1 Å². The van der Waals surface area contributed by atoms with Gasteiger partial charge in [-0.15, -0.1) is 0 Å². The van der Waals surface area contributed by atoms with Gasteiger partial charge in [0.2, 0.25) is 0 Å². The lowest BCUT2D eigenvalue weighted by atomic mass is 9.80. The Labute approximate surface area is 265 Å². The van der Waals surface area contributed by atoms with Crippen molar-refractivity contribution in [3.63, 3.8) is 0 Å². The van der Waals surface area contributed by atoms with Crippen LogP contribution >= 0.6 is 0 Å². The van der Waals surface area contributed by atoms with Gasteiger partial charge in [-0.25, -0.2) is 0 Å². The zero-order valence-corrected chi connectivity index (χ0v) is 26.6. The zero-order chi connectivity index (χ0) is 30.9. The minimum Gasteiger partial charge on any atom is -0.454 e. The molecule has 0 radical (unpaired) electrons. The summed E-state index contributed by atoms with van der Waals surface area (Å²) in [7, 11) is 0. The molecule has 45 heavy (non-hydrogen) atoms. The maximum absolute atomic E-state index is 6.72. The van der Waals surface area contributed by atoms with E-state index in [0.717, 1.165) is 33.3 Å². The summed E-state index contributed by atoms with van der Waals surface area (Å²) in [4.78, 5) is 2.48. The molecule has 0 bridgehead atoms. The fourth-order valence-corrected chi connectivity index (χ4v) is 7.45. The summed E-state index contributed by atoms with van der Waals surface area (Å²) in [6.07, 6.45) is 0. The maximum atomic E-state index is 6.72. The molecule has 2 heteroatoms. The van der Waals surface area contributed by atoms with Gasteiger partial charge in [-0.05, 0) is 74.7 Å². The first kappa shape index (κ1) is 27.5.